The number of halogens is 1. The minimum atomic E-state index is -0.591. The Kier molecular flexibility index (Phi) is 7.58. The zero-order valence-electron chi connectivity index (χ0n) is 16.4. The molecular formula is C20H22ClN5O4. The van der Waals surface area contributed by atoms with Crippen molar-refractivity contribution in [3.05, 3.63) is 59.3 Å². The molecule has 2 aromatic heterocycles. The van der Waals surface area contributed by atoms with Crippen LogP contribution in [0.2, 0.25) is 5.02 Å². The average molecular weight is 432 g/mol. The van der Waals surface area contributed by atoms with Crippen molar-refractivity contribution in [3.63, 3.8) is 0 Å². The van der Waals surface area contributed by atoms with Gasteiger partial charge in [0.2, 0.25) is 17.7 Å². The fourth-order valence-electron chi connectivity index (χ4n) is 2.78. The van der Waals surface area contributed by atoms with E-state index in [-0.39, 0.29) is 19.6 Å². The number of aromatic nitrogens is 2. The second-order valence-electron chi connectivity index (χ2n) is 6.50. The summed E-state index contributed by atoms with van der Waals surface area (Å²) < 4.78 is 10.8. The maximum Gasteiger partial charge on any atom is 0.321 e. The molecule has 0 spiro atoms. The van der Waals surface area contributed by atoms with E-state index in [9.17, 15) is 9.59 Å². The Balaban J connectivity index is 1.53. The van der Waals surface area contributed by atoms with E-state index in [0.717, 1.165) is 6.42 Å². The summed E-state index contributed by atoms with van der Waals surface area (Å²) in [5, 5.41) is 13.5. The predicted molar refractivity (Wildman–Crippen MR) is 109 cm³/mol. The highest BCUT2D eigenvalue weighted by Gasteiger charge is 2.17. The summed E-state index contributed by atoms with van der Waals surface area (Å²) in [5.41, 5.74) is 0.644. The Morgan fingerprint density at radius 1 is 1.17 bits per heavy atom. The van der Waals surface area contributed by atoms with Gasteiger partial charge in [-0.25, -0.2) is 4.79 Å². The summed E-state index contributed by atoms with van der Waals surface area (Å²) in [5.74, 6) is 0.824. The molecule has 0 saturated heterocycles. The third kappa shape index (κ3) is 6.16. The molecule has 0 aliphatic rings. The average Bonchev–Trinajstić information content (AvgIpc) is 3.39. The molecule has 0 bridgehead atoms. The van der Waals surface area contributed by atoms with Crippen molar-refractivity contribution in [2.24, 2.45) is 0 Å². The number of hydrogen-bond donors (Lipinski definition) is 2. The van der Waals surface area contributed by atoms with Gasteiger partial charge in [-0.15, -0.1) is 10.2 Å². The monoisotopic (exact) mass is 431 g/mol. The third-order valence-corrected chi connectivity index (χ3v) is 4.42. The molecule has 30 heavy (non-hydrogen) atoms. The number of imide groups is 1. The maximum absolute atomic E-state index is 12.2. The molecule has 0 unspecified atom stereocenters. The first-order valence-corrected chi connectivity index (χ1v) is 9.82. The summed E-state index contributed by atoms with van der Waals surface area (Å²) in [6, 6.07) is 10.0. The van der Waals surface area contributed by atoms with Crippen LogP contribution in [0.4, 0.5) is 4.79 Å². The standard InChI is InChI=1S/C20H22ClN5O4/c1-2-9-26(12-17(27)23-20(28)22-11-14-6-5-10-29-14)13-18-24-25-19(30-18)15-7-3-4-8-16(15)21/h3-8,10H,2,9,11-13H2,1H3,(H2,22,23,27,28). The summed E-state index contributed by atoms with van der Waals surface area (Å²) in [6.07, 6.45) is 2.32. The molecule has 0 aliphatic heterocycles. The minimum Gasteiger partial charge on any atom is -0.467 e. The molecule has 10 heteroatoms. The van der Waals surface area contributed by atoms with Crippen molar-refractivity contribution in [2.45, 2.75) is 26.4 Å². The van der Waals surface area contributed by atoms with Crippen LogP contribution in [-0.4, -0.2) is 40.1 Å². The van der Waals surface area contributed by atoms with E-state index in [1.54, 1.807) is 24.3 Å². The van der Waals surface area contributed by atoms with Gasteiger partial charge in [-0.05, 0) is 37.2 Å². The Morgan fingerprint density at radius 3 is 2.73 bits per heavy atom. The van der Waals surface area contributed by atoms with Crippen LogP contribution in [0.25, 0.3) is 11.5 Å². The normalized spacial score (nSPS) is 10.9. The molecule has 0 atom stereocenters. The number of urea groups is 1. The summed E-state index contributed by atoms with van der Waals surface area (Å²) in [7, 11) is 0. The fraction of sp³-hybridized carbons (Fsp3) is 0.300. The second-order valence-corrected chi connectivity index (χ2v) is 6.91. The fourth-order valence-corrected chi connectivity index (χ4v) is 2.99. The number of rotatable bonds is 9. The van der Waals surface area contributed by atoms with Gasteiger partial charge in [0.05, 0.1) is 36.5 Å². The van der Waals surface area contributed by atoms with Crippen LogP contribution in [0, 0.1) is 0 Å². The topological polar surface area (TPSA) is 114 Å². The van der Waals surface area contributed by atoms with E-state index in [4.69, 9.17) is 20.4 Å². The van der Waals surface area contributed by atoms with Crippen LogP contribution in [0.1, 0.15) is 25.0 Å². The Morgan fingerprint density at radius 2 is 2.00 bits per heavy atom. The van der Waals surface area contributed by atoms with E-state index >= 15 is 0 Å². The van der Waals surface area contributed by atoms with E-state index in [1.165, 1.54) is 6.26 Å². The van der Waals surface area contributed by atoms with Gasteiger partial charge >= 0.3 is 6.03 Å². The lowest BCUT2D eigenvalue weighted by Crippen LogP contribution is -2.44. The number of nitrogens with zero attached hydrogens (tertiary/aromatic N) is 3. The lowest BCUT2D eigenvalue weighted by molar-refractivity contribution is -0.121. The van der Waals surface area contributed by atoms with Crippen LogP contribution >= 0.6 is 11.6 Å². The molecule has 0 fully saturated rings. The number of nitrogens with one attached hydrogen (secondary N) is 2. The van der Waals surface area contributed by atoms with Crippen molar-refractivity contribution in [1.82, 2.24) is 25.7 Å². The summed E-state index contributed by atoms with van der Waals surface area (Å²) >= 11 is 6.16. The molecule has 2 N–H and O–H groups in total. The van der Waals surface area contributed by atoms with Crippen molar-refractivity contribution >= 4 is 23.5 Å². The zero-order chi connectivity index (χ0) is 21.3. The molecule has 3 amide bonds. The van der Waals surface area contributed by atoms with Crippen molar-refractivity contribution in [1.29, 1.82) is 0 Å². The van der Waals surface area contributed by atoms with Crippen molar-refractivity contribution in [3.8, 4) is 11.5 Å². The molecule has 3 aromatic rings. The van der Waals surface area contributed by atoms with Crippen LogP contribution < -0.4 is 10.6 Å². The van der Waals surface area contributed by atoms with Crippen LogP contribution in [-0.2, 0) is 17.9 Å². The quantitative estimate of drug-likeness (QED) is 0.534. The number of amides is 3. The largest absolute Gasteiger partial charge is 0.467 e. The zero-order valence-corrected chi connectivity index (χ0v) is 17.2. The molecule has 3 rings (SSSR count). The van der Waals surface area contributed by atoms with Gasteiger partial charge in [-0.3, -0.25) is 15.0 Å². The highest BCUT2D eigenvalue weighted by Crippen LogP contribution is 2.26. The van der Waals surface area contributed by atoms with E-state index in [1.807, 2.05) is 24.0 Å². The molecule has 0 radical (unpaired) electrons. The van der Waals surface area contributed by atoms with Crippen LogP contribution in [0.3, 0.4) is 0 Å². The van der Waals surface area contributed by atoms with E-state index < -0.39 is 11.9 Å². The smallest absolute Gasteiger partial charge is 0.321 e. The summed E-state index contributed by atoms with van der Waals surface area (Å²) in [4.78, 5) is 25.9. The molecule has 0 aliphatic carbocycles. The molecular weight excluding hydrogens is 410 g/mol. The van der Waals surface area contributed by atoms with Gasteiger partial charge in [-0.2, -0.15) is 0 Å². The van der Waals surface area contributed by atoms with Crippen molar-refractivity contribution in [2.75, 3.05) is 13.1 Å². The minimum absolute atomic E-state index is 0.00577. The Hall–Kier alpha value is -3.17. The van der Waals surface area contributed by atoms with E-state index in [2.05, 4.69) is 20.8 Å². The third-order valence-electron chi connectivity index (χ3n) is 4.09. The maximum atomic E-state index is 12.2. The number of carbonyl (C=O) groups excluding carboxylic acids is 2. The van der Waals surface area contributed by atoms with Crippen molar-refractivity contribution < 1.29 is 18.4 Å². The van der Waals surface area contributed by atoms with Gasteiger partial charge in [-0.1, -0.05) is 30.7 Å². The first-order chi connectivity index (χ1) is 14.5. The highest BCUT2D eigenvalue weighted by molar-refractivity contribution is 6.33. The molecule has 2 heterocycles. The van der Waals surface area contributed by atoms with Crippen LogP contribution in [0.5, 0.6) is 0 Å². The number of benzene rings is 1. The Bertz CT molecular complexity index is 973. The number of hydrogen-bond acceptors (Lipinski definition) is 7. The summed E-state index contributed by atoms with van der Waals surface area (Å²) in [6.45, 7) is 3.07. The van der Waals surface area contributed by atoms with Gasteiger partial charge in [0.25, 0.3) is 0 Å². The SMILES string of the molecule is CCCN(CC(=O)NC(=O)NCc1ccco1)Cc1nnc(-c2ccccc2Cl)o1. The number of furan rings is 1. The predicted octanol–water partition coefficient (Wildman–Crippen LogP) is 3.22. The Labute approximate surface area is 178 Å². The van der Waals surface area contributed by atoms with Crippen LogP contribution in [0.15, 0.2) is 51.5 Å². The second kappa shape index (κ2) is 10.6. The first-order valence-electron chi connectivity index (χ1n) is 9.45. The molecule has 9 nitrogen and oxygen atoms in total. The lowest BCUT2D eigenvalue weighted by atomic mass is 10.2. The van der Waals surface area contributed by atoms with E-state index in [0.29, 0.717) is 34.7 Å². The lowest BCUT2D eigenvalue weighted by Gasteiger charge is -2.18. The molecule has 1 aromatic carbocycles. The van der Waals surface area contributed by atoms with Gasteiger partial charge < -0.3 is 14.2 Å². The van der Waals surface area contributed by atoms with Gasteiger partial charge in [0.15, 0.2) is 0 Å². The molecule has 0 saturated carbocycles. The van der Waals surface area contributed by atoms with Gasteiger partial charge in [0, 0.05) is 0 Å². The first kappa shape index (κ1) is 21.5. The van der Waals surface area contributed by atoms with Gasteiger partial charge in [0.1, 0.15) is 5.76 Å². The number of carbonyl (C=O) groups is 2. The molecule has 158 valence electrons. The highest BCUT2D eigenvalue weighted by atomic mass is 35.5.